The smallest absolute Gasteiger partial charge is 0.0908 e. The number of hydrogen-bond acceptors (Lipinski definition) is 3. The van der Waals surface area contributed by atoms with Crippen LogP contribution in [0.3, 0.4) is 0 Å². The van der Waals surface area contributed by atoms with Crippen molar-refractivity contribution in [1.82, 2.24) is 9.97 Å². The first-order valence-corrected chi connectivity index (χ1v) is 5.74. The SMILES string of the molecule is Cc1cc(C)c2c(ccc3scnc32)n1. The maximum atomic E-state index is 4.53. The van der Waals surface area contributed by atoms with Crippen LogP contribution >= 0.6 is 11.3 Å². The molecule has 3 aromatic rings. The molecule has 74 valence electrons. The summed E-state index contributed by atoms with van der Waals surface area (Å²) in [4.78, 5) is 8.95. The second-order valence-corrected chi connectivity index (χ2v) is 4.63. The highest BCUT2D eigenvalue weighted by atomic mass is 32.1. The van der Waals surface area contributed by atoms with Gasteiger partial charge in [0.05, 0.1) is 21.2 Å². The molecule has 2 nitrogen and oxygen atoms in total. The lowest BCUT2D eigenvalue weighted by molar-refractivity contribution is 1.24. The average Bonchev–Trinajstić information content (AvgIpc) is 2.63. The molecule has 0 saturated carbocycles. The molecule has 2 heterocycles. The second-order valence-electron chi connectivity index (χ2n) is 3.74. The van der Waals surface area contributed by atoms with Crippen LogP contribution in [0.1, 0.15) is 11.3 Å². The van der Waals surface area contributed by atoms with Crippen molar-refractivity contribution >= 4 is 32.5 Å². The number of aromatic nitrogens is 2. The van der Waals surface area contributed by atoms with Gasteiger partial charge >= 0.3 is 0 Å². The number of aryl methyl sites for hydroxylation is 2. The third-order valence-electron chi connectivity index (χ3n) is 2.60. The summed E-state index contributed by atoms with van der Waals surface area (Å²) in [6.45, 7) is 4.15. The number of hydrogen-bond donors (Lipinski definition) is 0. The Kier molecular flexibility index (Phi) is 1.76. The number of nitrogens with zero attached hydrogens (tertiary/aromatic N) is 2. The van der Waals surface area contributed by atoms with Crippen molar-refractivity contribution in [2.45, 2.75) is 13.8 Å². The van der Waals surface area contributed by atoms with Gasteiger partial charge in [0.15, 0.2) is 0 Å². The molecule has 0 radical (unpaired) electrons. The van der Waals surface area contributed by atoms with Crippen LogP contribution in [0.15, 0.2) is 23.7 Å². The van der Waals surface area contributed by atoms with Crippen molar-refractivity contribution in [3.05, 3.63) is 35.0 Å². The molecule has 1 aromatic carbocycles. The first-order valence-electron chi connectivity index (χ1n) is 4.86. The summed E-state index contributed by atoms with van der Waals surface area (Å²) >= 11 is 1.68. The Morgan fingerprint density at radius 1 is 1.20 bits per heavy atom. The van der Waals surface area contributed by atoms with E-state index in [1.54, 1.807) is 11.3 Å². The van der Waals surface area contributed by atoms with Crippen LogP contribution in [-0.4, -0.2) is 9.97 Å². The number of pyridine rings is 1. The molecule has 0 atom stereocenters. The summed E-state index contributed by atoms with van der Waals surface area (Å²) in [5.41, 5.74) is 6.35. The lowest BCUT2D eigenvalue weighted by atomic mass is 10.1. The molecule has 0 N–H and O–H groups in total. The maximum absolute atomic E-state index is 4.53. The van der Waals surface area contributed by atoms with E-state index in [0.29, 0.717) is 0 Å². The number of fused-ring (bicyclic) bond motifs is 3. The minimum absolute atomic E-state index is 1.05. The molecule has 2 aromatic heterocycles. The molecule has 0 saturated heterocycles. The fourth-order valence-electron chi connectivity index (χ4n) is 2.01. The van der Waals surface area contributed by atoms with Crippen molar-refractivity contribution in [2.24, 2.45) is 0 Å². The van der Waals surface area contributed by atoms with Crippen LogP contribution in [0.25, 0.3) is 21.1 Å². The fourth-order valence-corrected chi connectivity index (χ4v) is 2.69. The van der Waals surface area contributed by atoms with E-state index >= 15 is 0 Å². The summed E-state index contributed by atoms with van der Waals surface area (Å²) in [5.74, 6) is 0. The van der Waals surface area contributed by atoms with Gasteiger partial charge in [-0.1, -0.05) is 0 Å². The zero-order chi connectivity index (χ0) is 10.4. The van der Waals surface area contributed by atoms with E-state index in [4.69, 9.17) is 0 Å². The largest absolute Gasteiger partial charge is 0.253 e. The molecule has 0 fully saturated rings. The van der Waals surface area contributed by atoms with Crippen molar-refractivity contribution in [3.63, 3.8) is 0 Å². The normalized spacial score (nSPS) is 11.3. The van der Waals surface area contributed by atoms with Gasteiger partial charge in [0.1, 0.15) is 0 Å². The third kappa shape index (κ3) is 1.23. The van der Waals surface area contributed by atoms with Crippen LogP contribution in [0, 0.1) is 13.8 Å². The molecular formula is C12H10N2S. The Labute approximate surface area is 91.6 Å². The lowest BCUT2D eigenvalue weighted by Gasteiger charge is -2.03. The fraction of sp³-hybridized carbons (Fsp3) is 0.167. The highest BCUT2D eigenvalue weighted by Crippen LogP contribution is 2.28. The highest BCUT2D eigenvalue weighted by molar-refractivity contribution is 7.16. The van der Waals surface area contributed by atoms with Crippen molar-refractivity contribution < 1.29 is 0 Å². The minimum Gasteiger partial charge on any atom is -0.253 e. The summed E-state index contributed by atoms with van der Waals surface area (Å²) in [6.07, 6.45) is 0. The molecular weight excluding hydrogens is 204 g/mol. The first kappa shape index (κ1) is 8.80. The van der Waals surface area contributed by atoms with Crippen LogP contribution in [0.2, 0.25) is 0 Å². The van der Waals surface area contributed by atoms with Gasteiger partial charge in [-0.25, -0.2) is 4.98 Å². The summed E-state index contributed by atoms with van der Waals surface area (Å²) in [7, 11) is 0. The van der Waals surface area contributed by atoms with Gasteiger partial charge in [-0.05, 0) is 37.6 Å². The minimum atomic E-state index is 1.05. The molecule has 0 amide bonds. The molecule has 0 aliphatic rings. The van der Waals surface area contributed by atoms with E-state index in [-0.39, 0.29) is 0 Å². The van der Waals surface area contributed by atoms with E-state index in [9.17, 15) is 0 Å². The van der Waals surface area contributed by atoms with Gasteiger partial charge in [0, 0.05) is 11.1 Å². The van der Waals surface area contributed by atoms with E-state index in [1.165, 1.54) is 15.6 Å². The topological polar surface area (TPSA) is 25.8 Å². The molecule has 15 heavy (non-hydrogen) atoms. The van der Waals surface area contributed by atoms with Gasteiger partial charge < -0.3 is 0 Å². The quantitative estimate of drug-likeness (QED) is 0.572. The van der Waals surface area contributed by atoms with Crippen molar-refractivity contribution in [3.8, 4) is 0 Å². The molecule has 0 aliphatic carbocycles. The Bertz CT molecular complexity index is 655. The first-order chi connectivity index (χ1) is 7.25. The average molecular weight is 214 g/mol. The molecule has 3 heteroatoms. The van der Waals surface area contributed by atoms with Gasteiger partial charge in [-0.3, -0.25) is 4.98 Å². The van der Waals surface area contributed by atoms with E-state index in [1.807, 2.05) is 12.4 Å². The second kappa shape index (κ2) is 3.00. The summed E-state index contributed by atoms with van der Waals surface area (Å²) in [5, 5.41) is 1.19. The van der Waals surface area contributed by atoms with Gasteiger partial charge in [-0.2, -0.15) is 0 Å². The highest BCUT2D eigenvalue weighted by Gasteiger charge is 2.06. The number of benzene rings is 1. The molecule has 0 spiro atoms. The maximum Gasteiger partial charge on any atom is 0.0908 e. The predicted octanol–water partition coefficient (Wildman–Crippen LogP) is 3.46. The Morgan fingerprint density at radius 3 is 2.93 bits per heavy atom. The van der Waals surface area contributed by atoms with Gasteiger partial charge in [0.2, 0.25) is 0 Å². The van der Waals surface area contributed by atoms with Crippen molar-refractivity contribution in [1.29, 1.82) is 0 Å². The van der Waals surface area contributed by atoms with Gasteiger partial charge in [0.25, 0.3) is 0 Å². The summed E-state index contributed by atoms with van der Waals surface area (Å²) in [6, 6.07) is 6.29. The zero-order valence-corrected chi connectivity index (χ0v) is 9.43. The third-order valence-corrected chi connectivity index (χ3v) is 3.39. The molecule has 0 bridgehead atoms. The van der Waals surface area contributed by atoms with Gasteiger partial charge in [-0.15, -0.1) is 11.3 Å². The molecule has 0 aliphatic heterocycles. The van der Waals surface area contributed by atoms with Crippen molar-refractivity contribution in [2.75, 3.05) is 0 Å². The standard InChI is InChI=1S/C12H10N2S/c1-7-5-8(2)14-9-3-4-10-12(11(7)9)13-6-15-10/h3-6H,1-2H3. The molecule has 3 rings (SSSR count). The van der Waals surface area contributed by atoms with Crippen LogP contribution < -0.4 is 0 Å². The lowest BCUT2D eigenvalue weighted by Crippen LogP contribution is -1.88. The Morgan fingerprint density at radius 2 is 2.07 bits per heavy atom. The summed E-state index contributed by atoms with van der Waals surface area (Å²) < 4.78 is 1.23. The zero-order valence-electron chi connectivity index (χ0n) is 8.61. The van der Waals surface area contributed by atoms with E-state index in [0.717, 1.165) is 16.7 Å². The van der Waals surface area contributed by atoms with E-state index in [2.05, 4.69) is 35.1 Å². The van der Waals surface area contributed by atoms with Crippen LogP contribution in [-0.2, 0) is 0 Å². The monoisotopic (exact) mass is 214 g/mol. The van der Waals surface area contributed by atoms with Crippen LogP contribution in [0.5, 0.6) is 0 Å². The van der Waals surface area contributed by atoms with E-state index < -0.39 is 0 Å². The Balaban J connectivity index is 2.62. The van der Waals surface area contributed by atoms with Crippen LogP contribution in [0.4, 0.5) is 0 Å². The number of thiazole rings is 1. The Hall–Kier alpha value is -1.48. The number of rotatable bonds is 0. The predicted molar refractivity (Wildman–Crippen MR) is 64.4 cm³/mol. The molecule has 0 unspecified atom stereocenters.